The number of rotatable bonds is 4. The van der Waals surface area contributed by atoms with Crippen molar-refractivity contribution in [1.82, 2.24) is 0 Å². The van der Waals surface area contributed by atoms with Crippen molar-refractivity contribution < 1.29 is 7.77 Å². The molecule has 0 amide bonds. The van der Waals surface area contributed by atoms with Crippen LogP contribution in [0.4, 0.5) is 7.77 Å². The van der Waals surface area contributed by atoms with Gasteiger partial charge in [0, 0.05) is 17.9 Å². The summed E-state index contributed by atoms with van der Waals surface area (Å²) in [4.78, 5) is 0. The lowest BCUT2D eigenvalue weighted by Crippen LogP contribution is -1.95. The SMILES string of the molecule is CC(C#N)CCCS(C)(F)F. The zero-order valence-corrected chi connectivity index (χ0v) is 7.63. The first-order valence-electron chi connectivity index (χ1n) is 3.50. The molecule has 0 aromatic carbocycles. The second-order valence-corrected chi connectivity index (χ2v) is 4.91. The molecule has 1 unspecified atom stereocenters. The van der Waals surface area contributed by atoms with Gasteiger partial charge in [-0.1, -0.05) is 0 Å². The molecule has 4 heteroatoms. The molecule has 66 valence electrons. The van der Waals surface area contributed by atoms with Gasteiger partial charge in [0.1, 0.15) is 0 Å². The maximum absolute atomic E-state index is 12.3. The lowest BCUT2D eigenvalue weighted by molar-refractivity contribution is 0.636. The van der Waals surface area contributed by atoms with E-state index in [4.69, 9.17) is 5.26 Å². The number of halogens is 2. The standard InChI is InChI=1S/C7H13F2NS/c1-7(6-10)4-3-5-11(2,8)9/h7H,3-5H2,1-2H3. The van der Waals surface area contributed by atoms with E-state index in [-0.39, 0.29) is 11.7 Å². The average molecular weight is 181 g/mol. The third-order valence-corrected chi connectivity index (χ3v) is 2.37. The van der Waals surface area contributed by atoms with Crippen molar-refractivity contribution in [2.24, 2.45) is 5.92 Å². The molecule has 0 fully saturated rings. The van der Waals surface area contributed by atoms with E-state index in [9.17, 15) is 7.77 Å². The lowest BCUT2D eigenvalue weighted by Gasteiger charge is -2.13. The van der Waals surface area contributed by atoms with Gasteiger partial charge in [-0.2, -0.15) is 13.0 Å². The highest BCUT2D eigenvalue weighted by Gasteiger charge is 2.14. The Labute approximate surface area is 68.3 Å². The van der Waals surface area contributed by atoms with Gasteiger partial charge in [-0.15, -0.1) is 0 Å². The first kappa shape index (κ1) is 10.7. The van der Waals surface area contributed by atoms with Crippen LogP contribution in [0.3, 0.4) is 0 Å². The summed E-state index contributed by atoms with van der Waals surface area (Å²) in [5, 5.41) is 8.33. The zero-order chi connectivity index (χ0) is 8.91. The van der Waals surface area contributed by atoms with Crippen LogP contribution in [-0.4, -0.2) is 12.0 Å². The molecule has 0 aliphatic heterocycles. The number of nitrogens with zero attached hydrogens (tertiary/aromatic N) is 1. The fraction of sp³-hybridized carbons (Fsp3) is 0.857. The van der Waals surface area contributed by atoms with Crippen LogP contribution >= 0.6 is 10.8 Å². The Kier molecular flexibility index (Phi) is 4.43. The van der Waals surface area contributed by atoms with Gasteiger partial charge in [0.05, 0.1) is 16.9 Å². The van der Waals surface area contributed by atoms with E-state index in [1.54, 1.807) is 6.92 Å². The molecule has 0 aromatic rings. The molecule has 0 heterocycles. The molecule has 0 radical (unpaired) electrons. The summed E-state index contributed by atoms with van der Waals surface area (Å²) in [6.07, 6.45) is 2.05. The summed E-state index contributed by atoms with van der Waals surface area (Å²) >= 11 is 0. The molecule has 0 N–H and O–H groups in total. The van der Waals surface area contributed by atoms with Crippen molar-refractivity contribution in [3.05, 3.63) is 0 Å². The van der Waals surface area contributed by atoms with Crippen LogP contribution in [0, 0.1) is 17.2 Å². The van der Waals surface area contributed by atoms with Gasteiger partial charge in [-0.25, -0.2) is 0 Å². The molecular formula is C7H13F2NS. The molecule has 0 aliphatic carbocycles. The summed E-state index contributed by atoms with van der Waals surface area (Å²) in [6.45, 7) is 1.75. The molecule has 0 saturated heterocycles. The van der Waals surface area contributed by atoms with Crippen molar-refractivity contribution >= 4 is 10.8 Å². The predicted octanol–water partition coefficient (Wildman–Crippen LogP) is 3.13. The average Bonchev–Trinajstić information content (AvgIpc) is 1.85. The molecule has 0 bridgehead atoms. The normalized spacial score (nSPS) is 15.5. The summed E-state index contributed by atoms with van der Waals surface area (Å²) in [7, 11) is -3.34. The van der Waals surface area contributed by atoms with Crippen molar-refractivity contribution in [1.29, 1.82) is 5.26 Å². The van der Waals surface area contributed by atoms with Crippen LogP contribution in [0.2, 0.25) is 0 Å². The molecule has 11 heavy (non-hydrogen) atoms. The maximum atomic E-state index is 12.3. The molecule has 0 aromatic heterocycles. The molecule has 0 rings (SSSR count). The second-order valence-electron chi connectivity index (χ2n) is 2.75. The highest BCUT2D eigenvalue weighted by molar-refractivity contribution is 8.24. The first-order chi connectivity index (χ1) is 4.95. The number of nitriles is 1. The molecular weight excluding hydrogens is 168 g/mol. The molecule has 0 spiro atoms. The van der Waals surface area contributed by atoms with Crippen LogP contribution < -0.4 is 0 Å². The van der Waals surface area contributed by atoms with Gasteiger partial charge in [-0.3, -0.25) is 0 Å². The van der Waals surface area contributed by atoms with Gasteiger partial charge in [0.25, 0.3) is 0 Å². The van der Waals surface area contributed by atoms with Gasteiger partial charge >= 0.3 is 0 Å². The highest BCUT2D eigenvalue weighted by Crippen LogP contribution is 2.48. The Hall–Kier alpha value is -0.300. The fourth-order valence-electron chi connectivity index (χ4n) is 0.708. The Morgan fingerprint density at radius 2 is 2.09 bits per heavy atom. The van der Waals surface area contributed by atoms with E-state index in [2.05, 4.69) is 0 Å². The zero-order valence-electron chi connectivity index (χ0n) is 6.81. The van der Waals surface area contributed by atoms with E-state index in [0.717, 1.165) is 6.26 Å². The van der Waals surface area contributed by atoms with Crippen LogP contribution in [0.1, 0.15) is 19.8 Å². The molecule has 1 nitrogen and oxygen atoms in total. The van der Waals surface area contributed by atoms with Gasteiger partial charge in [0.2, 0.25) is 0 Å². The molecule has 1 atom stereocenters. The summed E-state index contributed by atoms with van der Waals surface area (Å²) in [5.74, 6) is -0.115. The predicted molar refractivity (Wildman–Crippen MR) is 44.6 cm³/mol. The van der Waals surface area contributed by atoms with E-state index in [1.165, 1.54) is 0 Å². The highest BCUT2D eigenvalue weighted by atomic mass is 32.3. The van der Waals surface area contributed by atoms with Crippen molar-refractivity contribution in [2.45, 2.75) is 19.8 Å². The molecule has 0 saturated carbocycles. The van der Waals surface area contributed by atoms with Crippen molar-refractivity contribution in [2.75, 3.05) is 12.0 Å². The largest absolute Gasteiger partial charge is 0.198 e. The third kappa shape index (κ3) is 7.60. The van der Waals surface area contributed by atoms with Crippen LogP contribution in [0.25, 0.3) is 0 Å². The Balaban J connectivity index is 3.37. The van der Waals surface area contributed by atoms with E-state index in [0.29, 0.717) is 12.8 Å². The number of hydrogen-bond donors (Lipinski definition) is 0. The monoisotopic (exact) mass is 181 g/mol. The van der Waals surface area contributed by atoms with Crippen LogP contribution in [-0.2, 0) is 0 Å². The van der Waals surface area contributed by atoms with Gasteiger partial charge in [-0.05, 0) is 19.8 Å². The second kappa shape index (κ2) is 4.55. The van der Waals surface area contributed by atoms with Crippen LogP contribution in [0.5, 0.6) is 0 Å². The number of hydrogen-bond acceptors (Lipinski definition) is 1. The first-order valence-corrected chi connectivity index (χ1v) is 5.51. The Morgan fingerprint density at radius 1 is 1.55 bits per heavy atom. The van der Waals surface area contributed by atoms with E-state index >= 15 is 0 Å². The smallest absolute Gasteiger partial charge is 0.0652 e. The summed E-state index contributed by atoms with van der Waals surface area (Å²) < 4.78 is 24.6. The van der Waals surface area contributed by atoms with Gasteiger partial charge < -0.3 is 0 Å². The van der Waals surface area contributed by atoms with Crippen molar-refractivity contribution in [3.63, 3.8) is 0 Å². The minimum atomic E-state index is -3.34. The summed E-state index contributed by atoms with van der Waals surface area (Å²) in [6, 6.07) is 2.02. The van der Waals surface area contributed by atoms with Crippen molar-refractivity contribution in [3.8, 4) is 6.07 Å². The third-order valence-electron chi connectivity index (χ3n) is 1.36. The van der Waals surface area contributed by atoms with E-state index in [1.807, 2.05) is 6.07 Å². The maximum Gasteiger partial charge on any atom is 0.0652 e. The minimum absolute atomic E-state index is 0.0288. The van der Waals surface area contributed by atoms with Crippen LogP contribution in [0.15, 0.2) is 0 Å². The molecule has 0 aliphatic rings. The summed E-state index contributed by atoms with van der Waals surface area (Å²) in [5.41, 5.74) is 0. The minimum Gasteiger partial charge on any atom is -0.198 e. The quantitative estimate of drug-likeness (QED) is 0.653. The van der Waals surface area contributed by atoms with Gasteiger partial charge in [0.15, 0.2) is 0 Å². The van der Waals surface area contributed by atoms with E-state index < -0.39 is 10.8 Å². The fourth-order valence-corrected chi connectivity index (χ4v) is 1.38. The Morgan fingerprint density at radius 3 is 2.45 bits per heavy atom. The Bertz CT molecular complexity index is 148. The topological polar surface area (TPSA) is 23.8 Å². The lowest BCUT2D eigenvalue weighted by atomic mass is 10.1.